The molecule has 18 heavy (non-hydrogen) atoms. The maximum absolute atomic E-state index is 5.64. The minimum Gasteiger partial charge on any atom is -0.496 e. The Kier molecular flexibility index (Phi) is 4.48. The fraction of sp³-hybridized carbons (Fsp3) is 0.600. The average Bonchev–Trinajstić information content (AvgIpc) is 2.46. The number of piperidine rings is 1. The van der Waals surface area contributed by atoms with Crippen LogP contribution < -0.4 is 14.8 Å². The predicted octanol–water partition coefficient (Wildman–Crippen LogP) is 3.08. The van der Waals surface area contributed by atoms with Gasteiger partial charge in [0, 0.05) is 17.2 Å². The summed E-state index contributed by atoms with van der Waals surface area (Å²) in [6.07, 6.45) is 4.67. The van der Waals surface area contributed by atoms with Crippen molar-refractivity contribution >= 4 is 0 Å². The lowest BCUT2D eigenvalue weighted by atomic mass is 9.94. The summed E-state index contributed by atoms with van der Waals surface area (Å²) in [5.74, 6) is 1.92. The Hall–Kier alpha value is -1.22. The van der Waals surface area contributed by atoms with Crippen LogP contribution in [0.25, 0.3) is 0 Å². The second-order valence-corrected chi connectivity index (χ2v) is 4.72. The molecular weight excluding hydrogens is 226 g/mol. The van der Waals surface area contributed by atoms with E-state index in [-0.39, 0.29) is 0 Å². The van der Waals surface area contributed by atoms with E-state index in [1.165, 1.54) is 30.4 Å². The van der Waals surface area contributed by atoms with Crippen LogP contribution in [-0.2, 0) is 6.42 Å². The molecule has 1 unspecified atom stereocenters. The van der Waals surface area contributed by atoms with Gasteiger partial charge in [0.1, 0.15) is 11.5 Å². The lowest BCUT2D eigenvalue weighted by Gasteiger charge is -2.27. The Bertz CT molecular complexity index is 398. The van der Waals surface area contributed by atoms with Gasteiger partial charge in [-0.05, 0) is 31.9 Å². The van der Waals surface area contributed by atoms with Crippen molar-refractivity contribution in [1.29, 1.82) is 0 Å². The molecule has 1 aliphatic rings. The second-order valence-electron chi connectivity index (χ2n) is 4.72. The topological polar surface area (TPSA) is 30.5 Å². The van der Waals surface area contributed by atoms with Gasteiger partial charge in [-0.1, -0.05) is 19.4 Å². The molecule has 3 heteroatoms. The largest absolute Gasteiger partial charge is 0.496 e. The number of rotatable bonds is 4. The number of ether oxygens (including phenoxy) is 2. The lowest BCUT2D eigenvalue weighted by Crippen LogP contribution is -2.27. The first-order chi connectivity index (χ1) is 8.81. The summed E-state index contributed by atoms with van der Waals surface area (Å²) < 4.78 is 11.1. The lowest BCUT2D eigenvalue weighted by molar-refractivity contribution is 0.361. The van der Waals surface area contributed by atoms with Crippen molar-refractivity contribution in [2.24, 2.45) is 0 Å². The number of benzene rings is 1. The van der Waals surface area contributed by atoms with E-state index >= 15 is 0 Å². The molecule has 1 saturated heterocycles. The summed E-state index contributed by atoms with van der Waals surface area (Å²) in [6.45, 7) is 3.24. The van der Waals surface area contributed by atoms with Gasteiger partial charge in [0.2, 0.25) is 0 Å². The summed E-state index contributed by atoms with van der Waals surface area (Å²) in [5.41, 5.74) is 2.44. The number of nitrogens with one attached hydrogen (secondary N) is 1. The molecule has 1 atom stereocenters. The van der Waals surface area contributed by atoms with Crippen LogP contribution in [-0.4, -0.2) is 20.8 Å². The molecule has 1 aromatic carbocycles. The van der Waals surface area contributed by atoms with Crippen molar-refractivity contribution in [2.45, 2.75) is 38.6 Å². The molecule has 1 aromatic rings. The smallest absolute Gasteiger partial charge is 0.130 e. The zero-order valence-corrected chi connectivity index (χ0v) is 11.6. The van der Waals surface area contributed by atoms with Gasteiger partial charge in [0.05, 0.1) is 14.2 Å². The van der Waals surface area contributed by atoms with E-state index in [1.807, 2.05) is 0 Å². The van der Waals surface area contributed by atoms with Crippen molar-refractivity contribution in [2.75, 3.05) is 20.8 Å². The molecule has 3 nitrogen and oxygen atoms in total. The third-order valence-corrected chi connectivity index (χ3v) is 3.71. The molecule has 2 rings (SSSR count). The zero-order valence-electron chi connectivity index (χ0n) is 11.6. The van der Waals surface area contributed by atoms with Gasteiger partial charge >= 0.3 is 0 Å². The van der Waals surface area contributed by atoms with E-state index in [9.17, 15) is 0 Å². The van der Waals surface area contributed by atoms with E-state index in [1.54, 1.807) is 14.2 Å². The molecule has 1 heterocycles. The first-order valence-corrected chi connectivity index (χ1v) is 6.79. The Morgan fingerprint density at radius 1 is 1.22 bits per heavy atom. The highest BCUT2D eigenvalue weighted by Crippen LogP contribution is 2.38. The Morgan fingerprint density at radius 2 is 2.06 bits per heavy atom. The normalized spacial score (nSPS) is 19.6. The SMILES string of the molecule is CCc1c(OC)ccc(C2CCCCN2)c1OC. The molecule has 0 bridgehead atoms. The molecule has 0 spiro atoms. The van der Waals surface area contributed by atoms with Crippen molar-refractivity contribution in [1.82, 2.24) is 5.32 Å². The fourth-order valence-electron chi connectivity index (χ4n) is 2.79. The van der Waals surface area contributed by atoms with E-state index in [0.717, 1.165) is 24.5 Å². The molecule has 1 fully saturated rings. The first-order valence-electron chi connectivity index (χ1n) is 6.79. The maximum Gasteiger partial charge on any atom is 0.130 e. The number of hydrogen-bond acceptors (Lipinski definition) is 3. The number of methoxy groups -OCH3 is 2. The average molecular weight is 249 g/mol. The second kappa shape index (κ2) is 6.10. The summed E-state index contributed by atoms with van der Waals surface area (Å²) in [6, 6.07) is 4.62. The van der Waals surface area contributed by atoms with Gasteiger partial charge < -0.3 is 14.8 Å². The van der Waals surface area contributed by atoms with Crippen LogP contribution in [0.1, 0.15) is 43.4 Å². The van der Waals surface area contributed by atoms with Gasteiger partial charge in [-0.25, -0.2) is 0 Å². The Morgan fingerprint density at radius 3 is 2.61 bits per heavy atom. The summed E-state index contributed by atoms with van der Waals surface area (Å²) in [4.78, 5) is 0. The van der Waals surface area contributed by atoms with Crippen LogP contribution in [0.4, 0.5) is 0 Å². The van der Waals surface area contributed by atoms with Crippen LogP contribution in [0, 0.1) is 0 Å². The molecule has 0 aromatic heterocycles. The van der Waals surface area contributed by atoms with Crippen molar-refractivity contribution in [3.8, 4) is 11.5 Å². The first kappa shape index (κ1) is 13.2. The van der Waals surface area contributed by atoms with Crippen LogP contribution in [0.15, 0.2) is 12.1 Å². The van der Waals surface area contributed by atoms with E-state index < -0.39 is 0 Å². The van der Waals surface area contributed by atoms with E-state index in [2.05, 4.69) is 24.4 Å². The fourth-order valence-corrected chi connectivity index (χ4v) is 2.79. The van der Waals surface area contributed by atoms with Crippen molar-refractivity contribution < 1.29 is 9.47 Å². The summed E-state index contributed by atoms with van der Waals surface area (Å²) in [5, 5.41) is 3.58. The third-order valence-electron chi connectivity index (χ3n) is 3.71. The van der Waals surface area contributed by atoms with Crippen molar-refractivity contribution in [3.63, 3.8) is 0 Å². The Balaban J connectivity index is 2.40. The highest BCUT2D eigenvalue weighted by atomic mass is 16.5. The van der Waals surface area contributed by atoms with Gasteiger partial charge in [-0.2, -0.15) is 0 Å². The molecule has 0 saturated carbocycles. The van der Waals surface area contributed by atoms with Crippen LogP contribution in [0.5, 0.6) is 11.5 Å². The van der Waals surface area contributed by atoms with E-state index in [0.29, 0.717) is 6.04 Å². The predicted molar refractivity (Wildman–Crippen MR) is 73.5 cm³/mol. The molecule has 0 aliphatic carbocycles. The minimum atomic E-state index is 0.421. The maximum atomic E-state index is 5.64. The van der Waals surface area contributed by atoms with Crippen LogP contribution in [0.2, 0.25) is 0 Å². The van der Waals surface area contributed by atoms with Gasteiger partial charge in [-0.15, -0.1) is 0 Å². The molecule has 100 valence electrons. The van der Waals surface area contributed by atoms with Crippen LogP contribution in [0.3, 0.4) is 0 Å². The highest BCUT2D eigenvalue weighted by Gasteiger charge is 2.21. The van der Waals surface area contributed by atoms with Gasteiger partial charge in [-0.3, -0.25) is 0 Å². The summed E-state index contributed by atoms with van der Waals surface area (Å²) >= 11 is 0. The quantitative estimate of drug-likeness (QED) is 0.889. The van der Waals surface area contributed by atoms with Gasteiger partial charge in [0.25, 0.3) is 0 Å². The Labute approximate surface area is 109 Å². The molecule has 0 radical (unpaired) electrons. The zero-order chi connectivity index (χ0) is 13.0. The number of hydrogen-bond donors (Lipinski definition) is 1. The molecule has 1 N–H and O–H groups in total. The molecular formula is C15H23NO2. The monoisotopic (exact) mass is 249 g/mol. The van der Waals surface area contributed by atoms with Crippen molar-refractivity contribution in [3.05, 3.63) is 23.3 Å². The molecule has 0 amide bonds. The van der Waals surface area contributed by atoms with Crippen LogP contribution >= 0.6 is 0 Å². The standard InChI is InChI=1S/C15H23NO2/c1-4-11-14(17-2)9-8-12(15(11)18-3)13-7-5-6-10-16-13/h8-9,13,16H,4-7,10H2,1-3H3. The van der Waals surface area contributed by atoms with Gasteiger partial charge in [0.15, 0.2) is 0 Å². The minimum absolute atomic E-state index is 0.421. The third kappa shape index (κ3) is 2.46. The van der Waals surface area contributed by atoms with E-state index in [4.69, 9.17) is 9.47 Å². The highest BCUT2D eigenvalue weighted by molar-refractivity contribution is 5.51. The summed E-state index contributed by atoms with van der Waals surface area (Å²) in [7, 11) is 3.47. The molecule has 1 aliphatic heterocycles.